The van der Waals surface area contributed by atoms with E-state index in [2.05, 4.69) is 20.7 Å². The van der Waals surface area contributed by atoms with E-state index in [1.165, 1.54) is 24.3 Å². The largest absolute Gasteiger partial charge is 0.496 e. The maximum absolute atomic E-state index is 13.1. The summed E-state index contributed by atoms with van der Waals surface area (Å²) in [6.07, 6.45) is -3.58. The fraction of sp³-hybridized carbons (Fsp3) is 0.0870. The van der Waals surface area contributed by atoms with Crippen molar-refractivity contribution < 1.29 is 22.7 Å². The van der Waals surface area contributed by atoms with E-state index >= 15 is 0 Å². The minimum absolute atomic E-state index is 0.0937. The van der Waals surface area contributed by atoms with E-state index in [-0.39, 0.29) is 11.3 Å². The van der Waals surface area contributed by atoms with Crippen molar-refractivity contribution in [3.8, 4) is 17.0 Å². The minimum atomic E-state index is -4.53. The van der Waals surface area contributed by atoms with Crippen LogP contribution in [0.4, 0.5) is 13.2 Å². The summed E-state index contributed by atoms with van der Waals surface area (Å²) in [5, 5.41) is 12.4. The molecule has 32 heavy (non-hydrogen) atoms. The second-order valence-electron chi connectivity index (χ2n) is 6.81. The van der Waals surface area contributed by atoms with E-state index < -0.39 is 17.6 Å². The number of carbonyl (C=O) groups excluding carboxylic acids is 1. The van der Waals surface area contributed by atoms with Crippen LogP contribution in [0.3, 0.4) is 0 Å². The number of rotatable bonds is 5. The maximum Gasteiger partial charge on any atom is 0.417 e. The van der Waals surface area contributed by atoms with Gasteiger partial charge in [-0.2, -0.15) is 23.4 Å². The van der Waals surface area contributed by atoms with Crippen LogP contribution in [0.1, 0.15) is 21.6 Å². The van der Waals surface area contributed by atoms with Crippen molar-refractivity contribution in [2.45, 2.75) is 6.18 Å². The highest BCUT2D eigenvalue weighted by molar-refractivity contribution is 6.00. The molecule has 0 saturated heterocycles. The van der Waals surface area contributed by atoms with E-state index in [0.717, 1.165) is 23.1 Å². The molecule has 0 atom stereocenters. The number of nitrogens with one attached hydrogen (secondary N) is 2. The fourth-order valence-corrected chi connectivity index (χ4v) is 3.34. The van der Waals surface area contributed by atoms with Gasteiger partial charge in [-0.3, -0.25) is 9.89 Å². The van der Waals surface area contributed by atoms with Crippen molar-refractivity contribution in [3.63, 3.8) is 0 Å². The Balaban J connectivity index is 1.58. The van der Waals surface area contributed by atoms with Gasteiger partial charge in [0.2, 0.25) is 0 Å². The molecule has 4 aromatic rings. The lowest BCUT2D eigenvalue weighted by atomic mass is 10.0. The lowest BCUT2D eigenvalue weighted by molar-refractivity contribution is -0.137. The molecule has 1 amide bonds. The summed E-state index contributed by atoms with van der Waals surface area (Å²) >= 11 is 0. The van der Waals surface area contributed by atoms with Crippen molar-refractivity contribution >= 4 is 22.9 Å². The number of amides is 1. The second-order valence-corrected chi connectivity index (χ2v) is 6.81. The summed E-state index contributed by atoms with van der Waals surface area (Å²) in [6, 6.07) is 17.9. The van der Waals surface area contributed by atoms with Crippen LogP contribution >= 0.6 is 0 Å². The average Bonchev–Trinajstić information content (AvgIpc) is 3.28. The number of benzene rings is 3. The van der Waals surface area contributed by atoms with Crippen LogP contribution in [-0.4, -0.2) is 29.4 Å². The fourth-order valence-electron chi connectivity index (χ4n) is 3.34. The van der Waals surface area contributed by atoms with E-state index in [4.69, 9.17) is 4.74 Å². The first kappa shape index (κ1) is 21.1. The third-order valence-electron chi connectivity index (χ3n) is 4.83. The first-order valence-electron chi connectivity index (χ1n) is 9.49. The average molecular weight is 438 g/mol. The molecule has 0 aliphatic carbocycles. The quantitative estimate of drug-likeness (QED) is 0.339. The lowest BCUT2D eigenvalue weighted by Gasteiger charge is -2.09. The molecular weight excluding hydrogens is 421 g/mol. The maximum atomic E-state index is 13.1. The van der Waals surface area contributed by atoms with E-state index in [1.807, 2.05) is 36.4 Å². The molecule has 0 fully saturated rings. The first-order valence-corrected chi connectivity index (χ1v) is 9.49. The Morgan fingerprint density at radius 2 is 1.84 bits per heavy atom. The summed E-state index contributed by atoms with van der Waals surface area (Å²) in [6.45, 7) is 0. The summed E-state index contributed by atoms with van der Waals surface area (Å²) in [5.74, 6) is -0.0624. The van der Waals surface area contributed by atoms with Crippen molar-refractivity contribution in [2.24, 2.45) is 5.10 Å². The van der Waals surface area contributed by atoms with Gasteiger partial charge < -0.3 is 4.74 Å². The molecule has 0 spiro atoms. The SMILES string of the molecule is COc1ccc2ccccc2c1-c1cc(C(=O)NN=Cc2ccccc2C(F)(F)F)[nH]n1. The van der Waals surface area contributed by atoms with Crippen LogP contribution in [0.15, 0.2) is 71.8 Å². The van der Waals surface area contributed by atoms with Gasteiger partial charge in [0.25, 0.3) is 5.91 Å². The Kier molecular flexibility index (Phi) is 5.63. The van der Waals surface area contributed by atoms with Crippen LogP contribution < -0.4 is 10.2 Å². The van der Waals surface area contributed by atoms with Crippen LogP contribution in [0.2, 0.25) is 0 Å². The molecule has 0 aliphatic heterocycles. The number of aromatic amines is 1. The Hall–Kier alpha value is -4.14. The van der Waals surface area contributed by atoms with Gasteiger partial charge >= 0.3 is 6.18 Å². The van der Waals surface area contributed by atoms with Crippen molar-refractivity contribution in [1.82, 2.24) is 15.6 Å². The van der Waals surface area contributed by atoms with Crippen LogP contribution in [0.5, 0.6) is 5.75 Å². The lowest BCUT2D eigenvalue weighted by Crippen LogP contribution is -2.18. The van der Waals surface area contributed by atoms with E-state index in [1.54, 1.807) is 7.11 Å². The zero-order chi connectivity index (χ0) is 22.7. The van der Waals surface area contributed by atoms with Gasteiger partial charge in [0, 0.05) is 5.56 Å². The highest BCUT2D eigenvalue weighted by atomic mass is 19.4. The number of nitrogens with zero attached hydrogens (tertiary/aromatic N) is 2. The number of H-pyrrole nitrogens is 1. The molecule has 162 valence electrons. The number of fused-ring (bicyclic) bond motifs is 1. The smallest absolute Gasteiger partial charge is 0.417 e. The van der Waals surface area contributed by atoms with Gasteiger partial charge in [-0.15, -0.1) is 0 Å². The molecule has 2 N–H and O–H groups in total. The highest BCUT2D eigenvalue weighted by Gasteiger charge is 2.32. The summed E-state index contributed by atoms with van der Waals surface area (Å²) < 4.78 is 44.7. The number of alkyl halides is 3. The van der Waals surface area contributed by atoms with Crippen LogP contribution in [0.25, 0.3) is 22.0 Å². The number of hydrazone groups is 1. The molecule has 0 radical (unpaired) electrons. The van der Waals surface area contributed by atoms with Crippen molar-refractivity contribution in [1.29, 1.82) is 0 Å². The van der Waals surface area contributed by atoms with Gasteiger partial charge in [-0.05, 0) is 29.0 Å². The predicted molar refractivity (Wildman–Crippen MR) is 115 cm³/mol. The topological polar surface area (TPSA) is 79.4 Å². The monoisotopic (exact) mass is 438 g/mol. The molecule has 4 rings (SSSR count). The third-order valence-corrected chi connectivity index (χ3v) is 4.83. The highest BCUT2D eigenvalue weighted by Crippen LogP contribution is 2.36. The minimum Gasteiger partial charge on any atom is -0.496 e. The number of halogens is 3. The summed E-state index contributed by atoms with van der Waals surface area (Å²) in [7, 11) is 1.54. The van der Waals surface area contributed by atoms with Gasteiger partial charge in [0.1, 0.15) is 11.4 Å². The molecule has 1 aromatic heterocycles. The zero-order valence-electron chi connectivity index (χ0n) is 16.8. The zero-order valence-corrected chi connectivity index (χ0v) is 16.8. The number of carbonyl (C=O) groups is 1. The number of ether oxygens (including phenoxy) is 1. The number of aromatic nitrogens is 2. The third kappa shape index (κ3) is 4.18. The van der Waals surface area contributed by atoms with Crippen molar-refractivity contribution in [3.05, 3.63) is 83.6 Å². The summed E-state index contributed by atoms with van der Waals surface area (Å²) in [5.41, 5.74) is 2.50. The molecule has 0 unspecified atom stereocenters. The Morgan fingerprint density at radius 1 is 1.09 bits per heavy atom. The van der Waals surface area contributed by atoms with Gasteiger partial charge in [0.05, 0.1) is 30.1 Å². The molecule has 3 aromatic carbocycles. The first-order chi connectivity index (χ1) is 15.4. The molecule has 6 nitrogen and oxygen atoms in total. The van der Waals surface area contributed by atoms with Crippen LogP contribution in [-0.2, 0) is 6.18 Å². The van der Waals surface area contributed by atoms with E-state index in [9.17, 15) is 18.0 Å². The molecule has 1 heterocycles. The van der Waals surface area contributed by atoms with E-state index in [0.29, 0.717) is 17.0 Å². The van der Waals surface area contributed by atoms with Gasteiger partial charge in [-0.25, -0.2) is 5.43 Å². The number of hydrogen-bond acceptors (Lipinski definition) is 4. The predicted octanol–water partition coefficient (Wildman–Crippen LogP) is 5.02. The number of methoxy groups -OCH3 is 1. The second kappa shape index (κ2) is 8.54. The van der Waals surface area contributed by atoms with Gasteiger partial charge in [0.15, 0.2) is 0 Å². The molecule has 0 aliphatic rings. The van der Waals surface area contributed by atoms with Gasteiger partial charge in [-0.1, -0.05) is 48.5 Å². The molecule has 0 saturated carbocycles. The number of hydrogen-bond donors (Lipinski definition) is 2. The Morgan fingerprint density at radius 3 is 2.62 bits per heavy atom. The normalized spacial score (nSPS) is 11.8. The molecular formula is C23H17F3N4O2. The molecule has 9 heteroatoms. The Bertz CT molecular complexity index is 1310. The Labute approximate surface area is 180 Å². The standard InChI is InChI=1S/C23H17F3N4O2/c1-32-20-11-10-14-6-2-4-8-16(14)21(20)18-12-19(29-28-18)22(31)30-27-13-15-7-3-5-9-17(15)23(24,25)26/h2-13H,1H3,(H,28,29)(H,30,31). The molecule has 0 bridgehead atoms. The van der Waals surface area contributed by atoms with Crippen molar-refractivity contribution in [2.75, 3.05) is 7.11 Å². The summed E-state index contributed by atoms with van der Waals surface area (Å²) in [4.78, 5) is 12.4. The van der Waals surface area contributed by atoms with Crippen LogP contribution in [0, 0.1) is 0 Å².